The van der Waals surface area contributed by atoms with Crippen molar-refractivity contribution in [1.29, 1.82) is 0 Å². The molecule has 0 fully saturated rings. The Kier molecular flexibility index (Phi) is 1.65. The molecule has 2 rings (SSSR count). The molecule has 0 aromatic carbocycles. The average molecular weight is 188 g/mol. The summed E-state index contributed by atoms with van der Waals surface area (Å²) in [5, 5.41) is 9.07. The number of nitrogens with zero attached hydrogens (tertiary/aromatic N) is 3. The molecule has 2 aromatic heterocycles. The van der Waals surface area contributed by atoms with Crippen LogP contribution in [0, 0.1) is 6.57 Å². The van der Waals surface area contributed by atoms with Crippen molar-refractivity contribution in [3.05, 3.63) is 29.6 Å². The third-order valence-electron chi connectivity index (χ3n) is 1.77. The van der Waals surface area contributed by atoms with Gasteiger partial charge in [-0.2, -0.15) is 0 Å². The van der Waals surface area contributed by atoms with Gasteiger partial charge in [0, 0.05) is 6.20 Å². The Hall–Kier alpha value is -2.42. The van der Waals surface area contributed by atoms with Crippen LogP contribution in [0.25, 0.3) is 15.9 Å². The van der Waals surface area contributed by atoms with E-state index in [4.69, 9.17) is 11.7 Å². The minimum absolute atomic E-state index is 0.151. The number of hydrogen-bond acceptors (Lipinski definition) is 3. The maximum atomic E-state index is 10.8. The zero-order chi connectivity index (χ0) is 10.1. The van der Waals surface area contributed by atoms with Gasteiger partial charge in [0.25, 0.3) is 0 Å². The van der Waals surface area contributed by atoms with Gasteiger partial charge in [-0.25, -0.2) is 19.6 Å². The molecule has 0 bridgehead atoms. The molecule has 0 spiro atoms. The van der Waals surface area contributed by atoms with Crippen molar-refractivity contribution >= 4 is 22.7 Å². The highest BCUT2D eigenvalue weighted by Crippen LogP contribution is 2.26. The first-order valence-electron chi connectivity index (χ1n) is 3.67. The molecule has 0 atom stereocenters. The van der Waals surface area contributed by atoms with Gasteiger partial charge in [-0.05, 0) is 0 Å². The minimum atomic E-state index is -1.16. The monoisotopic (exact) mass is 188 g/mol. The normalized spacial score (nSPS) is 9.93. The maximum Gasteiger partial charge on any atom is 0.353 e. The third kappa shape index (κ3) is 0.998. The molecule has 0 amide bonds. The number of carboxylic acids is 1. The molecule has 68 valence electrons. The number of fused-ring (bicyclic) bond motifs is 1. The summed E-state index contributed by atoms with van der Waals surface area (Å²) < 4.78 is 0. The molecule has 0 saturated carbocycles. The zero-order valence-electron chi connectivity index (χ0n) is 6.85. The van der Waals surface area contributed by atoms with Crippen LogP contribution < -0.4 is 0 Å². The number of aromatic amines is 1. The Morgan fingerprint density at radius 1 is 1.57 bits per heavy atom. The van der Waals surface area contributed by atoms with Crippen molar-refractivity contribution in [2.75, 3.05) is 0 Å². The molecule has 6 nitrogen and oxygen atoms in total. The van der Waals surface area contributed by atoms with Crippen LogP contribution in [0.4, 0.5) is 5.69 Å². The van der Waals surface area contributed by atoms with Gasteiger partial charge in [0.05, 0.1) is 12.0 Å². The predicted octanol–water partition coefficient (Wildman–Crippen LogP) is 1.21. The van der Waals surface area contributed by atoms with Gasteiger partial charge >= 0.3 is 5.97 Å². The third-order valence-corrected chi connectivity index (χ3v) is 1.77. The van der Waals surface area contributed by atoms with Crippen molar-refractivity contribution in [2.45, 2.75) is 0 Å². The Labute approximate surface area is 78.0 Å². The molecule has 2 heterocycles. The van der Waals surface area contributed by atoms with Gasteiger partial charge in [0.1, 0.15) is 12.0 Å². The van der Waals surface area contributed by atoms with Gasteiger partial charge in [0.2, 0.25) is 5.69 Å². The molecule has 0 aliphatic heterocycles. The van der Waals surface area contributed by atoms with Crippen LogP contribution in [0.3, 0.4) is 0 Å². The molecular formula is C8H4N4O2. The number of hydrogen-bond donors (Lipinski definition) is 2. The van der Waals surface area contributed by atoms with E-state index in [1.165, 1.54) is 6.20 Å². The van der Waals surface area contributed by atoms with Crippen molar-refractivity contribution in [3.63, 3.8) is 0 Å². The highest BCUT2D eigenvalue weighted by Gasteiger charge is 2.15. The van der Waals surface area contributed by atoms with Crippen molar-refractivity contribution in [1.82, 2.24) is 15.0 Å². The van der Waals surface area contributed by atoms with Crippen molar-refractivity contribution in [3.8, 4) is 0 Å². The van der Waals surface area contributed by atoms with Crippen LogP contribution in [-0.2, 0) is 0 Å². The molecule has 2 aromatic rings. The molecule has 2 N–H and O–H groups in total. The first-order valence-corrected chi connectivity index (χ1v) is 3.67. The zero-order valence-corrected chi connectivity index (χ0v) is 6.85. The van der Waals surface area contributed by atoms with Crippen LogP contribution in [0.5, 0.6) is 0 Å². The fraction of sp³-hybridized carbons (Fsp3) is 0. The molecule has 6 heteroatoms. The summed E-state index contributed by atoms with van der Waals surface area (Å²) in [5.74, 6) is -1.16. The van der Waals surface area contributed by atoms with E-state index in [-0.39, 0.29) is 16.8 Å². The van der Waals surface area contributed by atoms with E-state index in [0.29, 0.717) is 5.65 Å². The number of H-pyrrole nitrogens is 1. The van der Waals surface area contributed by atoms with Crippen molar-refractivity contribution in [2.24, 2.45) is 0 Å². The topological polar surface area (TPSA) is 83.2 Å². The second kappa shape index (κ2) is 2.81. The van der Waals surface area contributed by atoms with Crippen LogP contribution in [0.2, 0.25) is 0 Å². The summed E-state index contributed by atoms with van der Waals surface area (Å²) in [6.45, 7) is 6.84. The lowest BCUT2D eigenvalue weighted by Gasteiger charge is -1.95. The standard InChI is InChI=1S/C8H4N4O2/c1-9-4-2-10-7-5(4)6(8(13)14)11-3-12-7/h2-3H,(H,13,14)(H,10,11,12). The van der Waals surface area contributed by atoms with Gasteiger partial charge in [0.15, 0.2) is 5.69 Å². The molecule has 0 radical (unpaired) electrons. The van der Waals surface area contributed by atoms with Crippen LogP contribution in [-0.4, -0.2) is 26.0 Å². The van der Waals surface area contributed by atoms with Gasteiger partial charge < -0.3 is 10.1 Å². The van der Waals surface area contributed by atoms with Crippen LogP contribution >= 0.6 is 0 Å². The summed E-state index contributed by atoms with van der Waals surface area (Å²) >= 11 is 0. The molecule has 14 heavy (non-hydrogen) atoms. The van der Waals surface area contributed by atoms with E-state index in [9.17, 15) is 4.79 Å². The van der Waals surface area contributed by atoms with E-state index >= 15 is 0 Å². The quantitative estimate of drug-likeness (QED) is 0.659. The molecule has 0 aliphatic rings. The van der Waals surface area contributed by atoms with Gasteiger partial charge in [-0.3, -0.25) is 0 Å². The predicted molar refractivity (Wildman–Crippen MR) is 47.1 cm³/mol. The minimum Gasteiger partial charge on any atom is -0.477 e. The average Bonchev–Trinajstić information content (AvgIpc) is 2.59. The summed E-state index contributed by atoms with van der Waals surface area (Å²) in [6.07, 6.45) is 2.56. The Balaban J connectivity index is 2.90. The largest absolute Gasteiger partial charge is 0.477 e. The number of rotatable bonds is 1. The van der Waals surface area contributed by atoms with E-state index in [0.717, 1.165) is 6.33 Å². The second-order valence-electron chi connectivity index (χ2n) is 2.54. The molecule has 0 aliphatic carbocycles. The summed E-state index contributed by atoms with van der Waals surface area (Å²) in [6, 6.07) is 0. The summed E-state index contributed by atoms with van der Waals surface area (Å²) in [7, 11) is 0. The maximum absolute atomic E-state index is 10.8. The van der Waals surface area contributed by atoms with Crippen molar-refractivity contribution < 1.29 is 9.90 Å². The molecule has 0 saturated heterocycles. The van der Waals surface area contributed by atoms with E-state index in [1.807, 2.05) is 0 Å². The smallest absolute Gasteiger partial charge is 0.353 e. The second-order valence-corrected chi connectivity index (χ2v) is 2.54. The Morgan fingerprint density at radius 3 is 3.00 bits per heavy atom. The number of nitrogens with one attached hydrogen (secondary N) is 1. The van der Waals surface area contributed by atoms with Gasteiger partial charge in [-0.1, -0.05) is 0 Å². The first-order chi connectivity index (χ1) is 6.74. The van der Waals surface area contributed by atoms with Gasteiger partial charge in [-0.15, -0.1) is 0 Å². The fourth-order valence-corrected chi connectivity index (χ4v) is 1.20. The van der Waals surface area contributed by atoms with E-state index in [2.05, 4.69) is 19.8 Å². The summed E-state index contributed by atoms with van der Waals surface area (Å²) in [4.78, 5) is 24.1. The summed E-state index contributed by atoms with van der Waals surface area (Å²) in [5.41, 5.74) is 0.434. The highest BCUT2D eigenvalue weighted by molar-refractivity contribution is 6.05. The Morgan fingerprint density at radius 2 is 2.36 bits per heavy atom. The lowest BCUT2D eigenvalue weighted by atomic mass is 10.2. The number of carboxylic acid groups (broad SMARTS) is 1. The van der Waals surface area contributed by atoms with E-state index in [1.54, 1.807) is 0 Å². The number of aromatic carboxylic acids is 1. The van der Waals surface area contributed by atoms with E-state index < -0.39 is 5.97 Å². The lowest BCUT2D eigenvalue weighted by Crippen LogP contribution is -2.01. The highest BCUT2D eigenvalue weighted by atomic mass is 16.4. The first kappa shape index (κ1) is 8.19. The molecule has 0 unspecified atom stereocenters. The Bertz CT molecular complexity index is 552. The number of aromatic nitrogens is 3. The van der Waals surface area contributed by atoms with Crippen LogP contribution in [0.15, 0.2) is 12.5 Å². The van der Waals surface area contributed by atoms with Crippen LogP contribution in [0.1, 0.15) is 10.5 Å². The SMILES string of the molecule is [C-]#[N+]c1c[nH]c2ncnc(C(=O)O)c12. The fourth-order valence-electron chi connectivity index (χ4n) is 1.20. The lowest BCUT2D eigenvalue weighted by molar-refractivity contribution is 0.0693. The molecular weight excluding hydrogens is 184 g/mol. The number of carbonyl (C=O) groups is 1.